The van der Waals surface area contributed by atoms with Crippen molar-refractivity contribution in [1.82, 2.24) is 9.78 Å². The van der Waals surface area contributed by atoms with Crippen LogP contribution in [0, 0.1) is 5.82 Å². The van der Waals surface area contributed by atoms with Crippen LogP contribution in [-0.4, -0.2) is 16.3 Å². The second kappa shape index (κ2) is 5.34. The number of hydrogen-bond acceptors (Lipinski definition) is 3. The highest BCUT2D eigenvalue weighted by atomic mass is 19.1. The first-order valence-electron chi connectivity index (χ1n) is 5.52. The van der Waals surface area contributed by atoms with E-state index in [0.29, 0.717) is 5.69 Å². The van der Waals surface area contributed by atoms with E-state index in [2.05, 4.69) is 10.4 Å². The van der Waals surface area contributed by atoms with E-state index in [-0.39, 0.29) is 11.5 Å². The van der Waals surface area contributed by atoms with Gasteiger partial charge in [-0.05, 0) is 24.6 Å². The summed E-state index contributed by atoms with van der Waals surface area (Å²) in [6, 6.07) is 6.65. The van der Waals surface area contributed by atoms with Gasteiger partial charge in [0.15, 0.2) is 0 Å². The normalized spacial score (nSPS) is 10.4. The molecule has 1 heterocycles. The molecule has 0 aliphatic heterocycles. The van der Waals surface area contributed by atoms with Gasteiger partial charge in [0.25, 0.3) is 0 Å². The van der Waals surface area contributed by atoms with Crippen molar-refractivity contribution in [3.05, 3.63) is 42.5 Å². The quantitative estimate of drug-likeness (QED) is 0.615. The van der Waals surface area contributed by atoms with Gasteiger partial charge >= 0.3 is 0 Å². The molecule has 0 fully saturated rings. The van der Waals surface area contributed by atoms with Crippen LogP contribution in [0.25, 0.3) is 0 Å². The van der Waals surface area contributed by atoms with Crippen molar-refractivity contribution in [2.45, 2.75) is 13.0 Å². The van der Waals surface area contributed by atoms with E-state index in [4.69, 9.17) is 5.73 Å². The summed E-state index contributed by atoms with van der Waals surface area (Å²) in [7, 11) is 0. The van der Waals surface area contributed by atoms with Crippen molar-refractivity contribution in [1.29, 1.82) is 0 Å². The topological polar surface area (TPSA) is 55.9 Å². The monoisotopic (exact) mass is 234 g/mol. The Labute approximate surface area is 99.2 Å². The first-order chi connectivity index (χ1) is 8.27. The van der Waals surface area contributed by atoms with Crippen molar-refractivity contribution in [2.24, 2.45) is 0 Å². The molecule has 1 aromatic carbocycles. The van der Waals surface area contributed by atoms with Crippen LogP contribution in [0.2, 0.25) is 0 Å². The van der Waals surface area contributed by atoms with Gasteiger partial charge in [-0.3, -0.25) is 4.68 Å². The number of nitrogens with one attached hydrogen (secondary N) is 1. The average Bonchev–Trinajstić information content (AvgIpc) is 2.83. The lowest BCUT2D eigenvalue weighted by Crippen LogP contribution is -2.08. The molecule has 3 N–H and O–H groups in total. The predicted molar refractivity (Wildman–Crippen MR) is 66.1 cm³/mol. The van der Waals surface area contributed by atoms with Crippen LogP contribution in [-0.2, 0) is 6.54 Å². The van der Waals surface area contributed by atoms with Crippen LogP contribution >= 0.6 is 0 Å². The summed E-state index contributed by atoms with van der Waals surface area (Å²) in [6.45, 7) is 1.56. The van der Waals surface area contributed by atoms with E-state index < -0.39 is 0 Å². The molecule has 0 radical (unpaired) electrons. The second-order valence-electron chi connectivity index (χ2n) is 3.75. The van der Waals surface area contributed by atoms with Gasteiger partial charge in [0.2, 0.25) is 0 Å². The lowest BCUT2D eigenvalue weighted by atomic mass is 10.2. The molecule has 0 aliphatic rings. The van der Waals surface area contributed by atoms with Crippen molar-refractivity contribution < 1.29 is 4.39 Å². The van der Waals surface area contributed by atoms with E-state index in [1.54, 1.807) is 18.3 Å². The number of nitrogen functional groups attached to an aromatic ring is 1. The SMILES string of the molecule is Nc1c(F)cccc1NCCCn1cccn1. The molecule has 0 bridgehead atoms. The number of hydrogen-bond donors (Lipinski definition) is 2. The first kappa shape index (κ1) is 11.4. The van der Waals surface area contributed by atoms with Gasteiger partial charge in [-0.15, -0.1) is 0 Å². The number of benzene rings is 1. The molecule has 2 aromatic rings. The number of aryl methyl sites for hydroxylation is 1. The Morgan fingerprint density at radius 2 is 2.24 bits per heavy atom. The summed E-state index contributed by atoms with van der Waals surface area (Å²) >= 11 is 0. The summed E-state index contributed by atoms with van der Waals surface area (Å²) in [5, 5.41) is 7.21. The molecule has 90 valence electrons. The number of para-hydroxylation sites is 1. The van der Waals surface area contributed by atoms with Gasteiger partial charge in [0.1, 0.15) is 5.82 Å². The predicted octanol–water partition coefficient (Wildman–Crippen LogP) is 2.11. The smallest absolute Gasteiger partial charge is 0.148 e. The van der Waals surface area contributed by atoms with Crippen molar-refractivity contribution in [3.8, 4) is 0 Å². The molecule has 0 spiro atoms. The average molecular weight is 234 g/mol. The molecular formula is C12H15FN4. The number of nitrogens with zero attached hydrogens (tertiary/aromatic N) is 2. The van der Waals surface area contributed by atoms with Crippen LogP contribution in [0.4, 0.5) is 15.8 Å². The van der Waals surface area contributed by atoms with E-state index >= 15 is 0 Å². The molecule has 1 aromatic heterocycles. The lowest BCUT2D eigenvalue weighted by Gasteiger charge is -2.09. The molecule has 0 saturated heterocycles. The fraction of sp³-hybridized carbons (Fsp3) is 0.250. The van der Waals surface area contributed by atoms with Gasteiger partial charge in [-0.25, -0.2) is 4.39 Å². The lowest BCUT2D eigenvalue weighted by molar-refractivity contribution is 0.591. The molecule has 0 unspecified atom stereocenters. The van der Waals surface area contributed by atoms with E-state index in [0.717, 1.165) is 19.5 Å². The van der Waals surface area contributed by atoms with Crippen LogP contribution < -0.4 is 11.1 Å². The molecule has 0 aliphatic carbocycles. The van der Waals surface area contributed by atoms with Crippen molar-refractivity contribution in [2.75, 3.05) is 17.6 Å². The minimum Gasteiger partial charge on any atom is -0.395 e. The standard InChI is InChI=1S/C12H15FN4/c13-10-4-1-5-11(12(10)14)15-6-2-8-17-9-3-7-16-17/h1,3-5,7,9,15H,2,6,8,14H2. The highest BCUT2D eigenvalue weighted by Crippen LogP contribution is 2.20. The molecular weight excluding hydrogens is 219 g/mol. The number of halogens is 1. The van der Waals surface area contributed by atoms with Gasteiger partial charge in [-0.2, -0.15) is 5.10 Å². The second-order valence-corrected chi connectivity index (χ2v) is 3.75. The van der Waals surface area contributed by atoms with Crippen LogP contribution in [0.3, 0.4) is 0 Å². The fourth-order valence-corrected chi connectivity index (χ4v) is 1.59. The summed E-state index contributed by atoms with van der Waals surface area (Å²) < 4.78 is 15.0. The van der Waals surface area contributed by atoms with Crippen molar-refractivity contribution in [3.63, 3.8) is 0 Å². The highest BCUT2D eigenvalue weighted by Gasteiger charge is 2.02. The molecule has 2 rings (SSSR count). The minimum atomic E-state index is -0.387. The Bertz CT molecular complexity index is 467. The Morgan fingerprint density at radius 1 is 1.35 bits per heavy atom. The summed E-state index contributed by atoms with van der Waals surface area (Å²) in [4.78, 5) is 0. The highest BCUT2D eigenvalue weighted by molar-refractivity contribution is 5.66. The maximum atomic E-state index is 13.1. The molecule has 4 nitrogen and oxygen atoms in total. The number of nitrogens with two attached hydrogens (primary N) is 1. The largest absolute Gasteiger partial charge is 0.395 e. The number of anilines is 2. The zero-order chi connectivity index (χ0) is 12.1. The molecule has 5 heteroatoms. The zero-order valence-corrected chi connectivity index (χ0v) is 9.44. The molecule has 17 heavy (non-hydrogen) atoms. The van der Waals surface area contributed by atoms with E-state index in [1.165, 1.54) is 6.07 Å². The third kappa shape index (κ3) is 2.96. The molecule has 0 amide bonds. The Hall–Kier alpha value is -2.04. The molecule has 0 saturated carbocycles. The first-order valence-corrected chi connectivity index (χ1v) is 5.52. The van der Waals surface area contributed by atoms with Gasteiger partial charge < -0.3 is 11.1 Å². The van der Waals surface area contributed by atoms with Crippen LogP contribution in [0.15, 0.2) is 36.7 Å². The maximum Gasteiger partial charge on any atom is 0.148 e. The van der Waals surface area contributed by atoms with E-state index in [9.17, 15) is 4.39 Å². The van der Waals surface area contributed by atoms with Gasteiger partial charge in [0, 0.05) is 25.5 Å². The number of rotatable bonds is 5. The molecule has 0 atom stereocenters. The Balaban J connectivity index is 1.80. The summed E-state index contributed by atoms with van der Waals surface area (Å²) in [5.74, 6) is -0.387. The minimum absolute atomic E-state index is 0.173. The maximum absolute atomic E-state index is 13.1. The number of aromatic nitrogens is 2. The summed E-state index contributed by atoms with van der Waals surface area (Å²) in [6.07, 6.45) is 4.56. The van der Waals surface area contributed by atoms with Crippen molar-refractivity contribution >= 4 is 11.4 Å². The van der Waals surface area contributed by atoms with Crippen LogP contribution in [0.5, 0.6) is 0 Å². The fourth-order valence-electron chi connectivity index (χ4n) is 1.59. The van der Waals surface area contributed by atoms with Gasteiger partial charge in [0.05, 0.1) is 11.4 Å². The Morgan fingerprint density at radius 3 is 3.00 bits per heavy atom. The van der Waals surface area contributed by atoms with Gasteiger partial charge in [-0.1, -0.05) is 6.07 Å². The zero-order valence-electron chi connectivity index (χ0n) is 9.44. The third-order valence-corrected chi connectivity index (χ3v) is 2.49. The summed E-state index contributed by atoms with van der Waals surface area (Å²) in [5.41, 5.74) is 6.42. The Kier molecular flexibility index (Phi) is 3.59. The van der Waals surface area contributed by atoms with E-state index in [1.807, 2.05) is 16.9 Å². The third-order valence-electron chi connectivity index (χ3n) is 2.49. The van der Waals surface area contributed by atoms with Crippen LogP contribution in [0.1, 0.15) is 6.42 Å².